The smallest absolute Gasteiger partial charge is 0.185 e. The lowest BCUT2D eigenvalue weighted by molar-refractivity contribution is -0.123. The molecule has 0 fully saturated rings. The molecule has 0 bridgehead atoms. The van der Waals surface area contributed by atoms with E-state index in [1.807, 2.05) is 0 Å². The lowest BCUT2D eigenvalue weighted by Gasteiger charge is -2.24. The number of hydrogen-bond acceptors (Lipinski definition) is 8. The van der Waals surface area contributed by atoms with Gasteiger partial charge >= 0.3 is 0 Å². The van der Waals surface area contributed by atoms with Gasteiger partial charge in [0.25, 0.3) is 0 Å². The number of rotatable bonds is 6. The predicted octanol–water partition coefficient (Wildman–Crippen LogP) is -2.49. The Kier molecular flexibility index (Phi) is 8.96. The van der Waals surface area contributed by atoms with Gasteiger partial charge in [0.15, 0.2) is 12.0 Å². The third-order valence-corrected chi connectivity index (χ3v) is 2.17. The Morgan fingerprint density at radius 3 is 1.74 bits per heavy atom. The summed E-state index contributed by atoms with van der Waals surface area (Å²) in [4.78, 5) is 9.77. The van der Waals surface area contributed by atoms with E-state index in [4.69, 9.17) is 30.6 Å². The standard InChI is InChI=1S/C6H14O6.C5H4O2/c7-1-3(9)5(11)6(12)4(10)2-8;6-4-5-2-1-3-7-5/h3-12H,1-2H2;1-4H. The van der Waals surface area contributed by atoms with Crippen LogP contribution in [0.1, 0.15) is 10.6 Å². The highest BCUT2D eigenvalue weighted by molar-refractivity contribution is 5.69. The number of hydrogen-bond donors (Lipinski definition) is 6. The second-order valence-electron chi connectivity index (χ2n) is 3.61. The van der Waals surface area contributed by atoms with E-state index in [9.17, 15) is 4.79 Å². The first-order valence-electron chi connectivity index (χ1n) is 5.40. The summed E-state index contributed by atoms with van der Waals surface area (Å²) in [7, 11) is 0. The number of furan rings is 1. The Morgan fingerprint density at radius 2 is 1.53 bits per heavy atom. The van der Waals surface area contributed by atoms with E-state index < -0.39 is 37.6 Å². The van der Waals surface area contributed by atoms with Crippen molar-refractivity contribution in [3.05, 3.63) is 24.2 Å². The van der Waals surface area contributed by atoms with Crippen LogP contribution in [0.2, 0.25) is 0 Å². The summed E-state index contributed by atoms with van der Waals surface area (Å²) in [6, 6.07) is 3.27. The van der Waals surface area contributed by atoms with Crippen LogP contribution in [0.4, 0.5) is 0 Å². The van der Waals surface area contributed by atoms with Crippen molar-refractivity contribution in [3.8, 4) is 0 Å². The summed E-state index contributed by atoms with van der Waals surface area (Å²) in [5, 5.41) is 52.2. The summed E-state index contributed by atoms with van der Waals surface area (Å²) in [5.74, 6) is 0.375. The van der Waals surface area contributed by atoms with Crippen LogP contribution < -0.4 is 0 Å². The molecule has 0 aliphatic heterocycles. The highest BCUT2D eigenvalue weighted by atomic mass is 16.4. The average molecular weight is 278 g/mol. The normalized spacial score (nSPS) is 16.7. The van der Waals surface area contributed by atoms with Crippen LogP contribution in [-0.4, -0.2) is 74.6 Å². The van der Waals surface area contributed by atoms with Gasteiger partial charge in [0.2, 0.25) is 0 Å². The Morgan fingerprint density at radius 1 is 1.05 bits per heavy atom. The van der Waals surface area contributed by atoms with Gasteiger partial charge in [-0.05, 0) is 12.1 Å². The Bertz CT molecular complexity index is 311. The van der Waals surface area contributed by atoms with Crippen LogP contribution in [0, 0.1) is 0 Å². The van der Waals surface area contributed by atoms with Gasteiger partial charge in [-0.3, -0.25) is 4.79 Å². The number of aliphatic hydroxyl groups excluding tert-OH is 6. The summed E-state index contributed by atoms with van der Waals surface area (Å²) in [6.45, 7) is -1.45. The van der Waals surface area contributed by atoms with Gasteiger partial charge in [0.1, 0.15) is 24.4 Å². The molecule has 4 unspecified atom stereocenters. The summed E-state index contributed by atoms with van der Waals surface area (Å²) in [5.41, 5.74) is 0. The van der Waals surface area contributed by atoms with Crippen LogP contribution in [-0.2, 0) is 0 Å². The van der Waals surface area contributed by atoms with E-state index in [-0.39, 0.29) is 0 Å². The molecule has 0 aromatic carbocycles. The van der Waals surface area contributed by atoms with E-state index in [1.54, 1.807) is 12.1 Å². The molecule has 110 valence electrons. The lowest BCUT2D eigenvalue weighted by atomic mass is 10.0. The lowest BCUT2D eigenvalue weighted by Crippen LogP contribution is -2.46. The topological polar surface area (TPSA) is 152 Å². The van der Waals surface area contributed by atoms with Gasteiger partial charge in [0.05, 0.1) is 19.5 Å². The largest absolute Gasteiger partial charge is 0.462 e. The fraction of sp³-hybridized carbons (Fsp3) is 0.545. The molecule has 8 heteroatoms. The van der Waals surface area contributed by atoms with Crippen LogP contribution in [0.3, 0.4) is 0 Å². The highest BCUT2D eigenvalue weighted by Crippen LogP contribution is 2.04. The van der Waals surface area contributed by atoms with E-state index in [2.05, 4.69) is 4.42 Å². The second-order valence-corrected chi connectivity index (χ2v) is 3.61. The molecule has 6 N–H and O–H groups in total. The Balaban J connectivity index is 0.000000388. The fourth-order valence-electron chi connectivity index (χ4n) is 1.03. The molecule has 1 rings (SSSR count). The summed E-state index contributed by atoms with van der Waals surface area (Å²) >= 11 is 0. The molecule has 0 amide bonds. The van der Waals surface area contributed by atoms with Gasteiger partial charge in [-0.15, -0.1) is 0 Å². The molecule has 1 heterocycles. The van der Waals surface area contributed by atoms with Crippen molar-refractivity contribution >= 4 is 6.29 Å². The van der Waals surface area contributed by atoms with Gasteiger partial charge < -0.3 is 35.1 Å². The maximum atomic E-state index is 9.77. The van der Waals surface area contributed by atoms with E-state index >= 15 is 0 Å². The Hall–Kier alpha value is -1.29. The molecule has 0 saturated heterocycles. The van der Waals surface area contributed by atoms with Gasteiger partial charge in [-0.1, -0.05) is 0 Å². The van der Waals surface area contributed by atoms with E-state index in [0.717, 1.165) is 0 Å². The van der Waals surface area contributed by atoms with E-state index in [0.29, 0.717) is 12.0 Å². The maximum absolute atomic E-state index is 9.77. The molecule has 8 nitrogen and oxygen atoms in total. The zero-order valence-corrected chi connectivity index (χ0v) is 10.0. The van der Waals surface area contributed by atoms with Gasteiger partial charge in [-0.2, -0.15) is 0 Å². The first-order chi connectivity index (χ1) is 8.97. The monoisotopic (exact) mass is 278 g/mol. The van der Waals surface area contributed by atoms with Crippen molar-refractivity contribution in [1.82, 2.24) is 0 Å². The minimum absolute atomic E-state index is 0.375. The number of carbonyl (C=O) groups is 1. The highest BCUT2D eigenvalue weighted by Gasteiger charge is 2.29. The molecule has 0 aliphatic rings. The van der Waals surface area contributed by atoms with Crippen LogP contribution in [0.15, 0.2) is 22.8 Å². The third kappa shape index (κ3) is 6.43. The molecule has 19 heavy (non-hydrogen) atoms. The molecule has 1 aromatic heterocycles. The molecule has 4 atom stereocenters. The number of aldehydes is 1. The minimum atomic E-state index is -1.67. The van der Waals surface area contributed by atoms with Crippen LogP contribution in [0.25, 0.3) is 0 Å². The van der Waals surface area contributed by atoms with Crippen molar-refractivity contribution in [3.63, 3.8) is 0 Å². The van der Waals surface area contributed by atoms with Crippen molar-refractivity contribution in [2.24, 2.45) is 0 Å². The van der Waals surface area contributed by atoms with Gasteiger partial charge in [-0.25, -0.2) is 0 Å². The zero-order chi connectivity index (χ0) is 14.8. The molecule has 0 radical (unpaired) electrons. The van der Waals surface area contributed by atoms with Gasteiger partial charge in [0, 0.05) is 0 Å². The molecular weight excluding hydrogens is 260 g/mol. The zero-order valence-electron chi connectivity index (χ0n) is 10.0. The molecule has 0 saturated carbocycles. The molecule has 1 aromatic rings. The molecular formula is C11H18O8. The van der Waals surface area contributed by atoms with Crippen molar-refractivity contribution in [2.45, 2.75) is 24.4 Å². The van der Waals surface area contributed by atoms with Crippen molar-refractivity contribution in [2.75, 3.05) is 13.2 Å². The number of aliphatic hydroxyl groups is 6. The predicted molar refractivity (Wildman–Crippen MR) is 62.3 cm³/mol. The minimum Gasteiger partial charge on any atom is -0.462 e. The Labute approximate surface area is 109 Å². The number of carbonyl (C=O) groups excluding carboxylic acids is 1. The third-order valence-electron chi connectivity index (χ3n) is 2.17. The van der Waals surface area contributed by atoms with Crippen molar-refractivity contribution < 1.29 is 39.9 Å². The fourth-order valence-corrected chi connectivity index (χ4v) is 1.03. The first-order valence-corrected chi connectivity index (χ1v) is 5.40. The SMILES string of the molecule is O=Cc1ccco1.OCC(O)C(O)C(O)C(O)CO. The summed E-state index contributed by atoms with van der Waals surface area (Å²) < 4.78 is 4.61. The quantitative estimate of drug-likeness (QED) is 0.312. The second kappa shape index (κ2) is 9.62. The first kappa shape index (κ1) is 17.7. The van der Waals surface area contributed by atoms with Crippen molar-refractivity contribution in [1.29, 1.82) is 0 Å². The average Bonchev–Trinajstić information content (AvgIpc) is 2.97. The maximum Gasteiger partial charge on any atom is 0.185 e. The van der Waals surface area contributed by atoms with Crippen LogP contribution in [0.5, 0.6) is 0 Å². The molecule has 0 aliphatic carbocycles. The van der Waals surface area contributed by atoms with E-state index in [1.165, 1.54) is 6.26 Å². The van der Waals surface area contributed by atoms with Crippen LogP contribution >= 0.6 is 0 Å². The summed E-state index contributed by atoms with van der Waals surface area (Å²) in [6.07, 6.45) is -4.26. The molecule has 0 spiro atoms.